The molecule has 7 heteroatoms. The lowest BCUT2D eigenvalue weighted by atomic mass is 10.2. The highest BCUT2D eigenvalue weighted by molar-refractivity contribution is 6.32. The first-order valence-corrected chi connectivity index (χ1v) is 8.89. The van der Waals surface area contributed by atoms with Gasteiger partial charge in [-0.3, -0.25) is 9.59 Å². The Balaban J connectivity index is 1.92. The number of ether oxygens (including phenoxy) is 2. The summed E-state index contributed by atoms with van der Waals surface area (Å²) < 4.78 is 10.4. The first-order valence-electron chi connectivity index (χ1n) is 8.51. The summed E-state index contributed by atoms with van der Waals surface area (Å²) >= 11 is 6.06. The average Bonchev–Trinajstić information content (AvgIpc) is 3.40. The maximum absolute atomic E-state index is 12.4. The van der Waals surface area contributed by atoms with E-state index in [1.807, 2.05) is 0 Å². The maximum Gasteiger partial charge on any atom is 0.228 e. The van der Waals surface area contributed by atoms with E-state index in [2.05, 4.69) is 17.6 Å². The molecule has 2 atom stereocenters. The van der Waals surface area contributed by atoms with Crippen LogP contribution in [0.4, 0.5) is 5.69 Å². The topological polar surface area (TPSA) is 76.7 Å². The highest BCUT2D eigenvalue weighted by Crippen LogP contribution is 2.41. The van der Waals surface area contributed by atoms with Gasteiger partial charge in [0.1, 0.15) is 11.5 Å². The van der Waals surface area contributed by atoms with Crippen molar-refractivity contribution in [2.24, 2.45) is 11.8 Å². The van der Waals surface area contributed by atoms with Crippen LogP contribution in [0.2, 0.25) is 5.02 Å². The number of unbranched alkanes of at least 4 members (excludes halogenated alkanes) is 2. The average molecular weight is 369 g/mol. The first-order chi connectivity index (χ1) is 12.0. The van der Waals surface area contributed by atoms with Crippen LogP contribution >= 0.6 is 11.6 Å². The van der Waals surface area contributed by atoms with Gasteiger partial charge in [0.15, 0.2) is 0 Å². The molecule has 2 rings (SSSR count). The largest absolute Gasteiger partial charge is 0.495 e. The van der Waals surface area contributed by atoms with Gasteiger partial charge >= 0.3 is 0 Å². The highest BCUT2D eigenvalue weighted by atomic mass is 35.5. The van der Waals surface area contributed by atoms with Gasteiger partial charge in [-0.1, -0.05) is 31.4 Å². The fourth-order valence-electron chi connectivity index (χ4n) is 2.68. The van der Waals surface area contributed by atoms with Gasteiger partial charge in [-0.15, -0.1) is 0 Å². The van der Waals surface area contributed by atoms with E-state index >= 15 is 0 Å². The van der Waals surface area contributed by atoms with E-state index in [4.69, 9.17) is 21.1 Å². The third kappa shape index (κ3) is 5.01. The molecule has 1 fully saturated rings. The smallest absolute Gasteiger partial charge is 0.228 e. The predicted octanol–water partition coefficient (Wildman–Crippen LogP) is 3.24. The molecule has 0 spiro atoms. The van der Waals surface area contributed by atoms with E-state index in [1.165, 1.54) is 14.2 Å². The van der Waals surface area contributed by atoms with Gasteiger partial charge in [-0.2, -0.15) is 0 Å². The monoisotopic (exact) mass is 368 g/mol. The second-order valence-corrected chi connectivity index (χ2v) is 6.53. The zero-order valence-electron chi connectivity index (χ0n) is 14.9. The van der Waals surface area contributed by atoms with Crippen LogP contribution in [-0.4, -0.2) is 32.6 Å². The molecular weight excluding hydrogens is 344 g/mol. The van der Waals surface area contributed by atoms with Crippen molar-refractivity contribution in [3.63, 3.8) is 0 Å². The van der Waals surface area contributed by atoms with Crippen LogP contribution in [0.15, 0.2) is 12.1 Å². The van der Waals surface area contributed by atoms with Crippen LogP contribution in [-0.2, 0) is 9.59 Å². The predicted molar refractivity (Wildman–Crippen MR) is 97.3 cm³/mol. The molecule has 138 valence electrons. The molecule has 1 aliphatic rings. The molecule has 6 nitrogen and oxygen atoms in total. The summed E-state index contributed by atoms with van der Waals surface area (Å²) in [6.07, 6.45) is 3.73. The normalized spacial score (nSPS) is 18.4. The highest BCUT2D eigenvalue weighted by Gasteiger charge is 2.48. The lowest BCUT2D eigenvalue weighted by Gasteiger charge is -2.13. The summed E-state index contributed by atoms with van der Waals surface area (Å²) in [5, 5.41) is 6.10. The third-order valence-electron chi connectivity index (χ3n) is 4.28. The zero-order chi connectivity index (χ0) is 18.4. The van der Waals surface area contributed by atoms with E-state index < -0.39 is 0 Å². The summed E-state index contributed by atoms with van der Waals surface area (Å²) in [6.45, 7) is 2.78. The summed E-state index contributed by atoms with van der Waals surface area (Å²) in [7, 11) is 3.00. The van der Waals surface area contributed by atoms with Crippen molar-refractivity contribution in [3.8, 4) is 11.5 Å². The molecule has 2 N–H and O–H groups in total. The van der Waals surface area contributed by atoms with Gasteiger partial charge in [0, 0.05) is 18.7 Å². The number of nitrogens with one attached hydrogen (secondary N) is 2. The molecule has 25 heavy (non-hydrogen) atoms. The minimum atomic E-state index is -0.308. The van der Waals surface area contributed by atoms with E-state index in [0.29, 0.717) is 35.2 Å². The van der Waals surface area contributed by atoms with Crippen molar-refractivity contribution in [3.05, 3.63) is 17.2 Å². The molecule has 0 saturated heterocycles. The Morgan fingerprint density at radius 3 is 2.44 bits per heavy atom. The molecule has 0 aromatic heterocycles. The Morgan fingerprint density at radius 1 is 1.12 bits per heavy atom. The lowest BCUT2D eigenvalue weighted by Crippen LogP contribution is -2.28. The summed E-state index contributed by atoms with van der Waals surface area (Å²) in [5.74, 6) is 0.0896. The van der Waals surface area contributed by atoms with Crippen molar-refractivity contribution < 1.29 is 19.1 Å². The van der Waals surface area contributed by atoms with Gasteiger partial charge in [-0.05, 0) is 12.8 Å². The Hall–Kier alpha value is -1.95. The molecule has 0 aliphatic heterocycles. The van der Waals surface area contributed by atoms with E-state index in [-0.39, 0.29) is 23.7 Å². The number of anilines is 1. The van der Waals surface area contributed by atoms with Crippen LogP contribution in [0.5, 0.6) is 11.5 Å². The number of carbonyl (C=O) groups excluding carboxylic acids is 2. The van der Waals surface area contributed by atoms with Gasteiger partial charge in [0.2, 0.25) is 11.8 Å². The molecule has 0 radical (unpaired) electrons. The fourth-order valence-corrected chi connectivity index (χ4v) is 2.91. The number of methoxy groups -OCH3 is 2. The molecule has 0 bridgehead atoms. The number of halogens is 1. The minimum absolute atomic E-state index is 0.0445. The van der Waals surface area contributed by atoms with Crippen LogP contribution in [0.25, 0.3) is 0 Å². The van der Waals surface area contributed by atoms with Crippen LogP contribution in [0.3, 0.4) is 0 Å². The Kier molecular flexibility index (Phi) is 6.93. The molecule has 1 saturated carbocycles. The first kappa shape index (κ1) is 19.4. The van der Waals surface area contributed by atoms with Crippen LogP contribution < -0.4 is 20.1 Å². The zero-order valence-corrected chi connectivity index (χ0v) is 15.6. The Bertz CT molecular complexity index is 636. The van der Waals surface area contributed by atoms with E-state index in [9.17, 15) is 9.59 Å². The van der Waals surface area contributed by atoms with Gasteiger partial charge in [0.05, 0.1) is 36.8 Å². The van der Waals surface area contributed by atoms with E-state index in [1.54, 1.807) is 12.1 Å². The molecule has 1 aromatic rings. The fraction of sp³-hybridized carbons (Fsp3) is 0.556. The summed E-state index contributed by atoms with van der Waals surface area (Å²) in [6, 6.07) is 3.20. The summed E-state index contributed by atoms with van der Waals surface area (Å²) in [4.78, 5) is 24.4. The summed E-state index contributed by atoms with van der Waals surface area (Å²) in [5.41, 5.74) is 0.475. The maximum atomic E-state index is 12.4. The number of hydrogen-bond acceptors (Lipinski definition) is 4. The van der Waals surface area contributed by atoms with Crippen molar-refractivity contribution in [1.82, 2.24) is 5.32 Å². The van der Waals surface area contributed by atoms with Crippen LogP contribution in [0, 0.1) is 11.8 Å². The molecule has 1 aromatic carbocycles. The number of benzene rings is 1. The number of hydrogen-bond donors (Lipinski definition) is 2. The second kappa shape index (κ2) is 8.94. The second-order valence-electron chi connectivity index (χ2n) is 6.12. The molecular formula is C18H25ClN2O4. The standard InChI is InChI=1S/C18H25ClN2O4/c1-4-5-6-7-20-17(22)11-8-12(11)18(23)21-14-10-15(24-2)13(19)9-16(14)25-3/h9-12H,4-8H2,1-3H3,(H,20,22)(H,21,23). The van der Waals surface area contributed by atoms with Crippen molar-refractivity contribution in [2.75, 3.05) is 26.1 Å². The molecule has 2 unspecified atom stereocenters. The Labute approximate surface area is 153 Å². The van der Waals surface area contributed by atoms with Crippen molar-refractivity contribution in [2.45, 2.75) is 32.6 Å². The SMILES string of the molecule is CCCCCNC(=O)C1CC1C(=O)Nc1cc(OC)c(Cl)cc1OC. The molecule has 2 amide bonds. The molecule has 1 aliphatic carbocycles. The quantitative estimate of drug-likeness (QED) is 0.656. The van der Waals surface area contributed by atoms with Crippen molar-refractivity contribution in [1.29, 1.82) is 0 Å². The van der Waals surface area contributed by atoms with Gasteiger partial charge in [0.25, 0.3) is 0 Å². The van der Waals surface area contributed by atoms with E-state index in [0.717, 1.165) is 19.3 Å². The minimum Gasteiger partial charge on any atom is -0.495 e. The number of amides is 2. The molecule has 0 heterocycles. The number of rotatable bonds is 9. The van der Waals surface area contributed by atoms with Crippen molar-refractivity contribution >= 4 is 29.1 Å². The third-order valence-corrected chi connectivity index (χ3v) is 4.57. The lowest BCUT2D eigenvalue weighted by molar-refractivity contribution is -0.125. The number of carbonyl (C=O) groups is 2. The Morgan fingerprint density at radius 2 is 1.80 bits per heavy atom. The van der Waals surface area contributed by atoms with Crippen LogP contribution in [0.1, 0.15) is 32.6 Å². The van der Waals surface area contributed by atoms with Gasteiger partial charge < -0.3 is 20.1 Å². The van der Waals surface area contributed by atoms with Gasteiger partial charge in [-0.25, -0.2) is 0 Å².